The van der Waals surface area contributed by atoms with E-state index >= 15 is 0 Å². The van der Waals surface area contributed by atoms with Crippen molar-refractivity contribution in [3.63, 3.8) is 0 Å². The van der Waals surface area contributed by atoms with E-state index in [0.717, 1.165) is 37.2 Å². The third-order valence-electron chi connectivity index (χ3n) is 4.37. The highest BCUT2D eigenvalue weighted by molar-refractivity contribution is 9.10. The lowest BCUT2D eigenvalue weighted by molar-refractivity contribution is 0.422. The number of alkyl halides is 1. The van der Waals surface area contributed by atoms with Crippen molar-refractivity contribution in [3.05, 3.63) is 29.6 Å². The fraction of sp³-hybridized carbons (Fsp3) is 0.471. The molecule has 2 atom stereocenters. The largest absolute Gasteiger partial charge is 0.316 e. The molecule has 1 aromatic rings. The second-order valence-electron chi connectivity index (χ2n) is 6.08. The normalized spacial score (nSPS) is 24.2. The second kappa shape index (κ2) is 8.32. The predicted octanol–water partition coefficient (Wildman–Crippen LogP) is 1.94. The minimum atomic E-state index is -0.181. The highest BCUT2D eigenvalue weighted by Gasteiger charge is 2.32. The number of aliphatic imine (C=N–C) groups is 1. The molecule has 0 radical (unpaired) electrons. The van der Waals surface area contributed by atoms with E-state index in [-0.39, 0.29) is 4.83 Å². The Morgan fingerprint density at radius 3 is 3.08 bits per heavy atom. The zero-order valence-corrected chi connectivity index (χ0v) is 15.4. The molecule has 0 amide bonds. The molecule has 2 aliphatic rings. The fourth-order valence-electron chi connectivity index (χ4n) is 2.97. The van der Waals surface area contributed by atoms with E-state index in [1.54, 1.807) is 23.5 Å². The molecule has 1 saturated heterocycles. The van der Waals surface area contributed by atoms with Gasteiger partial charge in [-0.05, 0) is 31.0 Å². The van der Waals surface area contributed by atoms with Gasteiger partial charge in [0.15, 0.2) is 0 Å². The summed E-state index contributed by atoms with van der Waals surface area (Å²) in [7, 11) is 0. The van der Waals surface area contributed by atoms with E-state index in [1.165, 1.54) is 0 Å². The van der Waals surface area contributed by atoms with Crippen LogP contribution in [0.3, 0.4) is 0 Å². The maximum Gasteiger partial charge on any atom is 0.140 e. The molecule has 0 saturated carbocycles. The molecule has 2 N–H and O–H groups in total. The Morgan fingerprint density at radius 1 is 1.52 bits per heavy atom. The van der Waals surface area contributed by atoms with E-state index in [0.29, 0.717) is 30.5 Å². The maximum absolute atomic E-state index is 8.75. The van der Waals surface area contributed by atoms with E-state index in [2.05, 4.69) is 36.3 Å². The average Bonchev–Trinajstić information content (AvgIpc) is 2.66. The van der Waals surface area contributed by atoms with E-state index in [9.17, 15) is 0 Å². The van der Waals surface area contributed by atoms with Gasteiger partial charge < -0.3 is 5.32 Å². The maximum atomic E-state index is 8.75. The number of hydrazone groups is 1. The van der Waals surface area contributed by atoms with Gasteiger partial charge in [-0.3, -0.25) is 10.4 Å². The van der Waals surface area contributed by atoms with Gasteiger partial charge >= 0.3 is 0 Å². The van der Waals surface area contributed by atoms with Gasteiger partial charge in [-0.15, -0.1) is 0 Å². The van der Waals surface area contributed by atoms with Crippen LogP contribution in [0.1, 0.15) is 24.1 Å². The van der Waals surface area contributed by atoms with Gasteiger partial charge in [-0.1, -0.05) is 22.0 Å². The van der Waals surface area contributed by atoms with Crippen LogP contribution in [0.25, 0.3) is 0 Å². The number of nitriles is 1. The van der Waals surface area contributed by atoms with E-state index in [4.69, 9.17) is 10.7 Å². The Morgan fingerprint density at radius 2 is 2.40 bits per heavy atom. The molecule has 2 aliphatic heterocycles. The number of rotatable bonds is 4. The summed E-state index contributed by atoms with van der Waals surface area (Å²) in [4.78, 5) is 8.52. The smallest absolute Gasteiger partial charge is 0.140 e. The minimum absolute atomic E-state index is 0.181. The number of amidine groups is 1. The summed E-state index contributed by atoms with van der Waals surface area (Å²) in [5, 5.41) is 26.5. The third-order valence-corrected chi connectivity index (χ3v) is 5.27. The summed E-state index contributed by atoms with van der Waals surface area (Å²) < 4.78 is 0. The minimum Gasteiger partial charge on any atom is -0.316 e. The van der Waals surface area contributed by atoms with Gasteiger partial charge in [-0.2, -0.15) is 10.4 Å². The van der Waals surface area contributed by atoms with Crippen molar-refractivity contribution in [1.82, 2.24) is 15.3 Å². The first-order chi connectivity index (χ1) is 12.2. The molecule has 0 aromatic carbocycles. The molecule has 0 bridgehead atoms. The Bertz CT molecular complexity index is 714. The summed E-state index contributed by atoms with van der Waals surface area (Å²) in [6, 6.07) is 5.55. The van der Waals surface area contributed by atoms with Gasteiger partial charge in [0.05, 0.1) is 0 Å². The SMILES string of the molecule is N#Cc1ccc(CC=NN2CN=C(C3CCCNC3)C(Br)C2=N)cn1. The highest BCUT2D eigenvalue weighted by atomic mass is 79.9. The van der Waals surface area contributed by atoms with Crippen LogP contribution >= 0.6 is 15.9 Å². The Balaban J connectivity index is 1.60. The Hall–Kier alpha value is -2.11. The van der Waals surface area contributed by atoms with Crippen LogP contribution in [0.4, 0.5) is 0 Å². The number of hydrogen-bond acceptors (Lipinski definition) is 6. The Kier molecular flexibility index (Phi) is 5.89. The first-order valence-corrected chi connectivity index (χ1v) is 9.23. The lowest BCUT2D eigenvalue weighted by atomic mass is 9.91. The van der Waals surface area contributed by atoms with Crippen LogP contribution in [0.5, 0.6) is 0 Å². The summed E-state index contributed by atoms with van der Waals surface area (Å²) in [6.07, 6.45) is 6.29. The highest BCUT2D eigenvalue weighted by Crippen LogP contribution is 2.23. The quantitative estimate of drug-likeness (QED) is 0.594. The molecular weight excluding hydrogens is 382 g/mol. The number of nitrogens with zero attached hydrogens (tertiary/aromatic N) is 5. The van der Waals surface area contributed by atoms with Crippen molar-refractivity contribution >= 4 is 33.7 Å². The van der Waals surface area contributed by atoms with Crippen LogP contribution in [-0.4, -0.2) is 52.3 Å². The lowest BCUT2D eigenvalue weighted by Crippen LogP contribution is -2.47. The molecule has 0 aliphatic carbocycles. The molecule has 0 spiro atoms. The molecule has 25 heavy (non-hydrogen) atoms. The second-order valence-corrected chi connectivity index (χ2v) is 7.00. The van der Waals surface area contributed by atoms with Gasteiger partial charge in [-0.25, -0.2) is 9.99 Å². The molecule has 1 aromatic heterocycles. The van der Waals surface area contributed by atoms with Crippen LogP contribution in [0.15, 0.2) is 28.4 Å². The monoisotopic (exact) mass is 401 g/mol. The van der Waals surface area contributed by atoms with Crippen molar-refractivity contribution in [2.45, 2.75) is 24.1 Å². The van der Waals surface area contributed by atoms with Crippen LogP contribution in [0, 0.1) is 22.7 Å². The summed E-state index contributed by atoms with van der Waals surface area (Å²) in [6.45, 7) is 2.38. The van der Waals surface area contributed by atoms with Crippen molar-refractivity contribution in [2.75, 3.05) is 19.8 Å². The molecule has 3 heterocycles. The van der Waals surface area contributed by atoms with Gasteiger partial charge in [0.1, 0.15) is 29.1 Å². The van der Waals surface area contributed by atoms with Crippen LogP contribution in [0.2, 0.25) is 0 Å². The molecular formula is C17H20BrN7. The van der Waals surface area contributed by atoms with Crippen molar-refractivity contribution in [3.8, 4) is 6.07 Å². The number of pyridine rings is 1. The third kappa shape index (κ3) is 4.30. The molecule has 7 nitrogen and oxygen atoms in total. The topological polar surface area (TPSA) is 101 Å². The first-order valence-electron chi connectivity index (χ1n) is 8.31. The van der Waals surface area contributed by atoms with Gasteiger partial charge in [0, 0.05) is 37.0 Å². The van der Waals surface area contributed by atoms with E-state index in [1.807, 2.05) is 12.1 Å². The predicted molar refractivity (Wildman–Crippen MR) is 101 cm³/mol. The van der Waals surface area contributed by atoms with Gasteiger partial charge in [0.25, 0.3) is 0 Å². The number of halogens is 1. The average molecular weight is 402 g/mol. The van der Waals surface area contributed by atoms with Crippen molar-refractivity contribution < 1.29 is 0 Å². The van der Waals surface area contributed by atoms with Crippen LogP contribution in [-0.2, 0) is 6.42 Å². The zero-order chi connectivity index (χ0) is 17.6. The van der Waals surface area contributed by atoms with Gasteiger partial charge in [0.2, 0.25) is 0 Å². The number of hydrogen-bond donors (Lipinski definition) is 2. The van der Waals surface area contributed by atoms with Crippen molar-refractivity contribution in [2.24, 2.45) is 16.0 Å². The zero-order valence-electron chi connectivity index (χ0n) is 13.8. The standard InChI is InChI=1S/C17H20BrN7/c18-15-16(13-2-1-6-21-10-13)23-11-25(17(15)20)24-7-5-12-3-4-14(8-19)22-9-12/h3-4,7,9,13,15,20-21H,1-2,5-6,10-11H2. The molecule has 130 valence electrons. The summed E-state index contributed by atoms with van der Waals surface area (Å²) in [5.74, 6) is 0.819. The Labute approximate surface area is 155 Å². The van der Waals surface area contributed by atoms with E-state index < -0.39 is 0 Å². The molecule has 1 fully saturated rings. The fourth-order valence-corrected chi connectivity index (χ4v) is 3.73. The van der Waals surface area contributed by atoms with Crippen molar-refractivity contribution in [1.29, 1.82) is 10.7 Å². The summed E-state index contributed by atoms with van der Waals surface area (Å²) in [5.41, 5.74) is 2.43. The first kappa shape index (κ1) is 17.7. The molecule has 2 unspecified atom stereocenters. The molecule has 8 heteroatoms. The number of aromatic nitrogens is 1. The molecule has 3 rings (SSSR count). The summed E-state index contributed by atoms with van der Waals surface area (Å²) >= 11 is 3.61. The van der Waals surface area contributed by atoms with Crippen LogP contribution < -0.4 is 5.32 Å². The lowest BCUT2D eigenvalue weighted by Gasteiger charge is -2.33. The number of piperidine rings is 1. The number of nitrogens with one attached hydrogen (secondary N) is 2.